The zero-order valence-electron chi connectivity index (χ0n) is 17.5. The molecular formula is C21H26ClN5O3S. The number of hydrogen-bond acceptors (Lipinski definition) is 5. The van der Waals surface area contributed by atoms with E-state index in [1.54, 1.807) is 34.5 Å². The smallest absolute Gasteiger partial charge is 0.322 e. The molecular weight excluding hydrogens is 438 g/mol. The zero-order chi connectivity index (χ0) is 22.4. The average molecular weight is 464 g/mol. The maximum Gasteiger partial charge on any atom is 0.322 e. The zero-order valence-corrected chi connectivity index (χ0v) is 19.1. The Kier molecular flexibility index (Phi) is 7.86. The standard InChI is InChI=1S/C21H26ClN5O3S/c1-13(2)27(21(30)24-15-8-6-14(22)7-9-15)11-18-25-17(12-31-18)20(29)26-16-5-3-4-10-23-19(16)28/h6-9,12-13,16H,3-5,10-11H2,1-2H3,(H,23,28)(H,24,30)(H,26,29). The fraction of sp³-hybridized carbons (Fsp3) is 0.429. The second-order valence-electron chi connectivity index (χ2n) is 7.60. The molecule has 1 aromatic heterocycles. The van der Waals surface area contributed by atoms with Crippen LogP contribution in [0.25, 0.3) is 0 Å². The first-order chi connectivity index (χ1) is 14.8. The number of rotatable bonds is 6. The lowest BCUT2D eigenvalue weighted by Crippen LogP contribution is -2.45. The van der Waals surface area contributed by atoms with E-state index in [0.717, 1.165) is 12.8 Å². The van der Waals surface area contributed by atoms with Crippen molar-refractivity contribution in [3.8, 4) is 0 Å². The van der Waals surface area contributed by atoms with Crippen molar-refractivity contribution in [2.24, 2.45) is 0 Å². The number of urea groups is 1. The van der Waals surface area contributed by atoms with E-state index < -0.39 is 6.04 Å². The molecule has 8 nitrogen and oxygen atoms in total. The van der Waals surface area contributed by atoms with Gasteiger partial charge in [-0.3, -0.25) is 9.59 Å². The van der Waals surface area contributed by atoms with Gasteiger partial charge in [-0.1, -0.05) is 11.6 Å². The number of amides is 4. The van der Waals surface area contributed by atoms with Crippen molar-refractivity contribution >= 4 is 46.5 Å². The highest BCUT2D eigenvalue weighted by Crippen LogP contribution is 2.18. The van der Waals surface area contributed by atoms with Gasteiger partial charge in [-0.25, -0.2) is 9.78 Å². The highest BCUT2D eigenvalue weighted by Gasteiger charge is 2.25. The minimum atomic E-state index is -0.544. The van der Waals surface area contributed by atoms with Crippen LogP contribution >= 0.6 is 22.9 Å². The number of halogens is 1. The highest BCUT2D eigenvalue weighted by molar-refractivity contribution is 7.09. The van der Waals surface area contributed by atoms with Crippen molar-refractivity contribution in [1.82, 2.24) is 20.5 Å². The SMILES string of the molecule is CC(C)N(Cc1nc(C(=O)NC2CCCCNC2=O)cs1)C(=O)Nc1ccc(Cl)cc1. The van der Waals surface area contributed by atoms with E-state index >= 15 is 0 Å². The van der Waals surface area contributed by atoms with Crippen LogP contribution in [-0.2, 0) is 11.3 Å². The van der Waals surface area contributed by atoms with Crippen LogP contribution in [-0.4, -0.2) is 46.4 Å². The minimum absolute atomic E-state index is 0.0804. The Labute approximate surface area is 190 Å². The Hall–Kier alpha value is -2.65. The summed E-state index contributed by atoms with van der Waals surface area (Å²) in [4.78, 5) is 43.4. The van der Waals surface area contributed by atoms with Crippen molar-refractivity contribution in [3.63, 3.8) is 0 Å². The number of carbonyl (C=O) groups is 3. The van der Waals surface area contributed by atoms with E-state index in [1.807, 2.05) is 13.8 Å². The van der Waals surface area contributed by atoms with Gasteiger partial charge in [-0.05, 0) is 57.4 Å². The van der Waals surface area contributed by atoms with Gasteiger partial charge < -0.3 is 20.9 Å². The van der Waals surface area contributed by atoms with Gasteiger partial charge in [0.15, 0.2) is 0 Å². The predicted molar refractivity (Wildman–Crippen MR) is 121 cm³/mol. The summed E-state index contributed by atoms with van der Waals surface area (Å²) in [6.07, 6.45) is 2.39. The molecule has 0 aliphatic carbocycles. The molecule has 0 bridgehead atoms. The Bertz CT molecular complexity index is 931. The topological polar surface area (TPSA) is 103 Å². The van der Waals surface area contributed by atoms with Gasteiger partial charge in [-0.15, -0.1) is 11.3 Å². The number of hydrogen-bond donors (Lipinski definition) is 3. The van der Waals surface area contributed by atoms with Crippen molar-refractivity contribution in [2.45, 2.75) is 51.7 Å². The lowest BCUT2D eigenvalue weighted by molar-refractivity contribution is -0.122. The van der Waals surface area contributed by atoms with Gasteiger partial charge in [0.2, 0.25) is 5.91 Å². The van der Waals surface area contributed by atoms with E-state index in [9.17, 15) is 14.4 Å². The van der Waals surface area contributed by atoms with Crippen LogP contribution in [0, 0.1) is 0 Å². The lowest BCUT2D eigenvalue weighted by Gasteiger charge is -2.26. The molecule has 31 heavy (non-hydrogen) atoms. The van der Waals surface area contributed by atoms with Crippen LogP contribution in [0.1, 0.15) is 48.6 Å². The normalized spacial score (nSPS) is 16.4. The Morgan fingerprint density at radius 3 is 2.74 bits per heavy atom. The largest absolute Gasteiger partial charge is 0.354 e. The molecule has 3 rings (SSSR count). The maximum atomic E-state index is 12.8. The van der Waals surface area contributed by atoms with Crippen molar-refractivity contribution < 1.29 is 14.4 Å². The molecule has 1 atom stereocenters. The van der Waals surface area contributed by atoms with Crippen LogP contribution in [0.2, 0.25) is 5.02 Å². The fourth-order valence-corrected chi connectivity index (χ4v) is 4.06. The first-order valence-corrected chi connectivity index (χ1v) is 11.5. The molecule has 0 radical (unpaired) electrons. The van der Waals surface area contributed by atoms with Crippen molar-refractivity contribution in [3.05, 3.63) is 45.4 Å². The maximum absolute atomic E-state index is 12.8. The monoisotopic (exact) mass is 463 g/mol. The van der Waals surface area contributed by atoms with Crippen LogP contribution in [0.3, 0.4) is 0 Å². The minimum Gasteiger partial charge on any atom is -0.354 e. The Balaban J connectivity index is 1.62. The predicted octanol–water partition coefficient (Wildman–Crippen LogP) is 3.64. The molecule has 2 aromatic rings. The Morgan fingerprint density at radius 2 is 2.03 bits per heavy atom. The summed E-state index contributed by atoms with van der Waals surface area (Å²) in [7, 11) is 0. The summed E-state index contributed by atoms with van der Waals surface area (Å²) in [6.45, 7) is 4.72. The summed E-state index contributed by atoms with van der Waals surface area (Å²) in [5, 5.41) is 11.3. The third-order valence-corrected chi connectivity index (χ3v) is 6.00. The van der Waals surface area contributed by atoms with Crippen molar-refractivity contribution in [2.75, 3.05) is 11.9 Å². The van der Waals surface area contributed by atoms with E-state index in [2.05, 4.69) is 20.9 Å². The molecule has 4 amide bonds. The van der Waals surface area contributed by atoms with E-state index in [0.29, 0.717) is 28.7 Å². The molecule has 0 saturated carbocycles. The number of thiazole rings is 1. The van der Waals surface area contributed by atoms with Gasteiger partial charge in [0.25, 0.3) is 5.91 Å². The molecule has 1 fully saturated rings. The second-order valence-corrected chi connectivity index (χ2v) is 8.98. The van der Waals surface area contributed by atoms with Gasteiger partial charge >= 0.3 is 6.03 Å². The van der Waals surface area contributed by atoms with Crippen LogP contribution < -0.4 is 16.0 Å². The number of carbonyl (C=O) groups excluding carboxylic acids is 3. The molecule has 1 aromatic carbocycles. The van der Waals surface area contributed by atoms with Gasteiger partial charge in [0.1, 0.15) is 16.7 Å². The summed E-state index contributed by atoms with van der Waals surface area (Å²) < 4.78 is 0. The summed E-state index contributed by atoms with van der Waals surface area (Å²) in [5.74, 6) is -0.544. The quantitative estimate of drug-likeness (QED) is 0.608. The number of anilines is 1. The van der Waals surface area contributed by atoms with E-state index in [1.165, 1.54) is 11.3 Å². The summed E-state index contributed by atoms with van der Waals surface area (Å²) in [5.41, 5.74) is 0.889. The van der Waals surface area contributed by atoms with Crippen LogP contribution in [0.15, 0.2) is 29.6 Å². The number of aromatic nitrogens is 1. The number of benzene rings is 1. The molecule has 3 N–H and O–H groups in total. The van der Waals surface area contributed by atoms with Gasteiger partial charge in [0.05, 0.1) is 6.54 Å². The summed E-state index contributed by atoms with van der Waals surface area (Å²) in [6, 6.07) is 5.98. The first-order valence-electron chi connectivity index (χ1n) is 10.2. The summed E-state index contributed by atoms with van der Waals surface area (Å²) >= 11 is 7.19. The lowest BCUT2D eigenvalue weighted by atomic mass is 10.1. The molecule has 166 valence electrons. The molecule has 1 saturated heterocycles. The molecule has 2 heterocycles. The average Bonchev–Trinajstić information content (AvgIpc) is 3.12. The van der Waals surface area contributed by atoms with Gasteiger partial charge in [-0.2, -0.15) is 0 Å². The molecule has 0 spiro atoms. The third-order valence-electron chi connectivity index (χ3n) is 4.91. The molecule has 1 aliphatic heterocycles. The number of nitrogens with zero attached hydrogens (tertiary/aromatic N) is 2. The fourth-order valence-electron chi connectivity index (χ4n) is 3.16. The highest BCUT2D eigenvalue weighted by atomic mass is 35.5. The molecule has 1 unspecified atom stereocenters. The van der Waals surface area contributed by atoms with Crippen LogP contribution in [0.4, 0.5) is 10.5 Å². The van der Waals surface area contributed by atoms with Crippen LogP contribution in [0.5, 0.6) is 0 Å². The third kappa shape index (κ3) is 6.41. The van der Waals surface area contributed by atoms with Crippen molar-refractivity contribution in [1.29, 1.82) is 0 Å². The molecule has 10 heteroatoms. The number of nitrogens with one attached hydrogen (secondary N) is 3. The van der Waals surface area contributed by atoms with E-state index in [4.69, 9.17) is 11.6 Å². The van der Waals surface area contributed by atoms with E-state index in [-0.39, 0.29) is 36.1 Å². The second kappa shape index (κ2) is 10.6. The molecule has 1 aliphatic rings. The van der Waals surface area contributed by atoms with Gasteiger partial charge in [0, 0.05) is 28.7 Å². The first kappa shape index (κ1) is 23.0. The Morgan fingerprint density at radius 1 is 1.29 bits per heavy atom.